The number of aliphatic hydroxyl groups is 1. The molecule has 0 saturated carbocycles. The maximum atomic E-state index is 12.8. The van der Waals surface area contributed by atoms with Gasteiger partial charge in [-0.25, -0.2) is 0 Å². The number of aliphatic hydroxyl groups excluding tert-OH is 1. The maximum absolute atomic E-state index is 12.8. The van der Waals surface area contributed by atoms with Gasteiger partial charge in [-0.2, -0.15) is 0 Å². The van der Waals surface area contributed by atoms with Crippen molar-refractivity contribution in [1.82, 2.24) is 10.2 Å². The fourth-order valence-electron chi connectivity index (χ4n) is 7.17. The van der Waals surface area contributed by atoms with E-state index in [9.17, 15) is 14.4 Å². The average molecular weight is 893 g/mol. The largest absolute Gasteiger partial charge is 0.466 e. The summed E-state index contributed by atoms with van der Waals surface area (Å²) in [6.07, 6.45) is 37.4. The van der Waals surface area contributed by atoms with Gasteiger partial charge in [-0.1, -0.05) is 165 Å². The number of hydrogen-bond donors (Lipinski definition) is 2. The number of nitrogens with one attached hydrogen (secondary N) is 1. The number of esters is 2. The maximum Gasteiger partial charge on any atom is 0.306 e. The molecule has 326 valence electrons. The molecule has 2 N–H and O–H groups in total. The zero-order valence-electron chi connectivity index (χ0n) is 36.2. The summed E-state index contributed by atoms with van der Waals surface area (Å²) in [5, 5.41) is 11.8. The molecule has 0 heterocycles. The number of hydrogen-bond acceptors (Lipinski definition) is 7. The Hall–Kier alpha value is -0.940. The second-order valence-corrected chi connectivity index (χ2v) is 17.1. The molecule has 8 nitrogen and oxygen atoms in total. The molecule has 0 spiro atoms. The lowest BCUT2D eigenvalue weighted by Gasteiger charge is -2.22. The number of amides is 1. The van der Waals surface area contributed by atoms with Crippen LogP contribution in [0.1, 0.15) is 226 Å². The topological polar surface area (TPSA) is 105 Å². The third-order valence-corrected chi connectivity index (χ3v) is 11.4. The Balaban J connectivity index is 4.29. The van der Waals surface area contributed by atoms with E-state index in [0.29, 0.717) is 26.0 Å². The molecule has 9 heteroatoms. The van der Waals surface area contributed by atoms with Crippen LogP contribution in [0.2, 0.25) is 0 Å². The van der Waals surface area contributed by atoms with Crippen molar-refractivity contribution in [2.24, 2.45) is 0 Å². The van der Waals surface area contributed by atoms with E-state index in [1.165, 1.54) is 107 Å². The Kier molecular flexibility index (Phi) is 43.4. The van der Waals surface area contributed by atoms with Crippen molar-refractivity contribution in [3.05, 3.63) is 0 Å². The van der Waals surface area contributed by atoms with E-state index in [1.54, 1.807) is 0 Å². The summed E-state index contributed by atoms with van der Waals surface area (Å²) < 4.78 is 12.7. The van der Waals surface area contributed by atoms with Crippen LogP contribution in [-0.2, 0) is 23.9 Å². The van der Waals surface area contributed by atoms with Crippen molar-refractivity contribution in [3.63, 3.8) is 0 Å². The van der Waals surface area contributed by atoms with Crippen LogP contribution in [-0.4, -0.2) is 77.8 Å². The summed E-state index contributed by atoms with van der Waals surface area (Å²) in [6.45, 7) is 8.19. The molecular formula is C46H89IN2O6. The zero-order valence-corrected chi connectivity index (χ0v) is 38.3. The summed E-state index contributed by atoms with van der Waals surface area (Å²) in [4.78, 5) is 38.8. The molecule has 0 radical (unpaired) electrons. The predicted octanol–water partition coefficient (Wildman–Crippen LogP) is 12.2. The standard InChI is InChI=1S/C46H89IN2O6/c1-3-5-7-9-11-22-30-41-54-45(52)34-25-17-13-20-28-38-49(40-31-37-48-44(51)42-50)39-29-21-14-18-26-35-46(53)55-43(32-23-15-10-8-6-4-2)33-24-16-12-19-27-36-47/h43,50H,3-42H2,1-2H3,(H,48,51). The Morgan fingerprint density at radius 3 is 1.51 bits per heavy atom. The van der Waals surface area contributed by atoms with Gasteiger partial charge in [0.1, 0.15) is 12.7 Å². The number of alkyl halides is 1. The second kappa shape index (κ2) is 44.2. The first kappa shape index (κ1) is 54.1. The van der Waals surface area contributed by atoms with Crippen LogP contribution in [0.25, 0.3) is 0 Å². The summed E-state index contributed by atoms with van der Waals surface area (Å²) in [6, 6.07) is 0. The summed E-state index contributed by atoms with van der Waals surface area (Å²) in [5.41, 5.74) is 0. The van der Waals surface area contributed by atoms with Gasteiger partial charge in [0, 0.05) is 19.4 Å². The first-order chi connectivity index (χ1) is 27.0. The van der Waals surface area contributed by atoms with E-state index in [1.807, 2.05) is 0 Å². The van der Waals surface area contributed by atoms with Crippen LogP contribution in [0.15, 0.2) is 0 Å². The van der Waals surface area contributed by atoms with Gasteiger partial charge in [-0.3, -0.25) is 14.4 Å². The van der Waals surface area contributed by atoms with Gasteiger partial charge in [0.25, 0.3) is 0 Å². The summed E-state index contributed by atoms with van der Waals surface area (Å²) in [7, 11) is 0. The van der Waals surface area contributed by atoms with Gasteiger partial charge in [-0.05, 0) is 94.7 Å². The van der Waals surface area contributed by atoms with Crippen molar-refractivity contribution in [2.45, 2.75) is 232 Å². The van der Waals surface area contributed by atoms with Crippen molar-refractivity contribution in [1.29, 1.82) is 0 Å². The van der Waals surface area contributed by atoms with E-state index in [0.717, 1.165) is 116 Å². The first-order valence-electron chi connectivity index (χ1n) is 23.5. The first-order valence-corrected chi connectivity index (χ1v) is 25.0. The molecule has 0 aliphatic heterocycles. The van der Waals surface area contributed by atoms with Crippen molar-refractivity contribution < 1.29 is 29.0 Å². The molecule has 0 rings (SSSR count). The highest BCUT2D eigenvalue weighted by Gasteiger charge is 2.14. The molecule has 0 bridgehead atoms. The SMILES string of the molecule is CCCCCCCCCOC(=O)CCCCCCCN(CCCCCCCC(=O)OC(CCCCCCCC)CCCCCCCI)CCCNC(=O)CO. The monoisotopic (exact) mass is 893 g/mol. The minimum Gasteiger partial charge on any atom is -0.466 e. The highest BCUT2D eigenvalue weighted by molar-refractivity contribution is 14.1. The average Bonchev–Trinajstić information content (AvgIpc) is 3.18. The fourth-order valence-corrected chi connectivity index (χ4v) is 7.70. The number of unbranched alkanes of at least 4 members (excludes halogenated alkanes) is 23. The van der Waals surface area contributed by atoms with Gasteiger partial charge in [-0.15, -0.1) is 0 Å². The van der Waals surface area contributed by atoms with Gasteiger partial charge in [0.05, 0.1) is 6.61 Å². The Morgan fingerprint density at radius 2 is 0.982 bits per heavy atom. The smallest absolute Gasteiger partial charge is 0.306 e. The molecule has 0 aromatic heterocycles. The number of carbonyl (C=O) groups is 3. The summed E-state index contributed by atoms with van der Waals surface area (Å²) >= 11 is 2.46. The van der Waals surface area contributed by atoms with Gasteiger partial charge >= 0.3 is 11.9 Å². The second-order valence-electron chi connectivity index (χ2n) is 16.0. The Morgan fingerprint density at radius 1 is 0.545 bits per heavy atom. The van der Waals surface area contributed by atoms with Crippen LogP contribution >= 0.6 is 22.6 Å². The molecule has 1 amide bonds. The molecule has 0 aliphatic rings. The Labute approximate surface area is 353 Å². The van der Waals surface area contributed by atoms with Crippen LogP contribution < -0.4 is 5.32 Å². The number of nitrogens with zero attached hydrogens (tertiary/aromatic N) is 1. The quantitative estimate of drug-likeness (QED) is 0.0272. The number of rotatable bonds is 44. The van der Waals surface area contributed by atoms with Gasteiger partial charge < -0.3 is 24.8 Å². The van der Waals surface area contributed by atoms with E-state index in [4.69, 9.17) is 14.6 Å². The van der Waals surface area contributed by atoms with E-state index < -0.39 is 6.61 Å². The van der Waals surface area contributed by atoms with Gasteiger partial charge in [0.2, 0.25) is 5.91 Å². The molecule has 55 heavy (non-hydrogen) atoms. The molecule has 0 aliphatic carbocycles. The van der Waals surface area contributed by atoms with E-state index in [-0.39, 0.29) is 23.9 Å². The fraction of sp³-hybridized carbons (Fsp3) is 0.935. The minimum atomic E-state index is -0.461. The third-order valence-electron chi connectivity index (χ3n) is 10.7. The highest BCUT2D eigenvalue weighted by atomic mass is 127. The summed E-state index contributed by atoms with van der Waals surface area (Å²) in [5.74, 6) is -0.362. The number of carbonyl (C=O) groups excluding carboxylic acids is 3. The minimum absolute atomic E-state index is 0.000838. The zero-order chi connectivity index (χ0) is 40.3. The molecule has 0 fully saturated rings. The molecule has 0 saturated heterocycles. The van der Waals surface area contributed by atoms with Crippen LogP contribution in [0.3, 0.4) is 0 Å². The highest BCUT2D eigenvalue weighted by Crippen LogP contribution is 2.18. The number of halogens is 1. The van der Waals surface area contributed by atoms with Crippen LogP contribution in [0.5, 0.6) is 0 Å². The van der Waals surface area contributed by atoms with Crippen LogP contribution in [0.4, 0.5) is 0 Å². The van der Waals surface area contributed by atoms with E-state index >= 15 is 0 Å². The molecular weight excluding hydrogens is 803 g/mol. The third kappa shape index (κ3) is 41.0. The lowest BCUT2D eigenvalue weighted by molar-refractivity contribution is -0.150. The van der Waals surface area contributed by atoms with Crippen molar-refractivity contribution in [3.8, 4) is 0 Å². The predicted molar refractivity (Wildman–Crippen MR) is 240 cm³/mol. The van der Waals surface area contributed by atoms with Gasteiger partial charge in [0.15, 0.2) is 0 Å². The number of ether oxygens (including phenoxy) is 2. The van der Waals surface area contributed by atoms with Crippen molar-refractivity contribution >= 4 is 40.4 Å². The van der Waals surface area contributed by atoms with Crippen LogP contribution in [0, 0.1) is 0 Å². The van der Waals surface area contributed by atoms with Crippen molar-refractivity contribution in [2.75, 3.05) is 43.8 Å². The molecule has 1 atom stereocenters. The van der Waals surface area contributed by atoms with E-state index in [2.05, 4.69) is 46.7 Å². The lowest BCUT2D eigenvalue weighted by atomic mass is 10.0. The lowest BCUT2D eigenvalue weighted by Crippen LogP contribution is -2.32. The normalized spacial score (nSPS) is 11.9. The molecule has 0 aromatic rings. The Bertz CT molecular complexity index is 831. The molecule has 0 aromatic carbocycles. The molecule has 1 unspecified atom stereocenters.